The van der Waals surface area contributed by atoms with Crippen molar-refractivity contribution in [2.24, 2.45) is 0 Å². The molecule has 2 atom stereocenters. The summed E-state index contributed by atoms with van der Waals surface area (Å²) in [6.45, 7) is 6.81. The molecular formula is C44H85NO6P+. The van der Waals surface area contributed by atoms with Crippen molar-refractivity contribution in [3.05, 3.63) is 48.6 Å². The second-order valence-corrected chi connectivity index (χ2v) is 16.8. The molecule has 0 fully saturated rings. The number of nitrogens with zero attached hydrogens (tertiary/aromatic N) is 1. The highest BCUT2D eigenvalue weighted by molar-refractivity contribution is 7.47. The van der Waals surface area contributed by atoms with Crippen LogP contribution in [0.1, 0.15) is 168 Å². The van der Waals surface area contributed by atoms with Crippen LogP contribution < -0.4 is 0 Å². The van der Waals surface area contributed by atoms with Crippen LogP contribution in [0.4, 0.5) is 0 Å². The van der Waals surface area contributed by atoms with Gasteiger partial charge in [-0.25, -0.2) is 4.57 Å². The highest BCUT2D eigenvalue weighted by atomic mass is 31.2. The third-order valence-corrected chi connectivity index (χ3v) is 9.95. The molecule has 1 N–H and O–H groups in total. The number of hydrogen-bond acceptors (Lipinski definition) is 5. The van der Waals surface area contributed by atoms with E-state index in [-0.39, 0.29) is 13.2 Å². The number of phosphoric ester groups is 1. The van der Waals surface area contributed by atoms with Gasteiger partial charge in [0.1, 0.15) is 19.3 Å². The number of hydrogen-bond donors (Lipinski definition) is 1. The van der Waals surface area contributed by atoms with Crippen LogP contribution in [0.3, 0.4) is 0 Å². The number of phosphoric acid groups is 1. The fraction of sp³-hybridized carbons (Fsp3) is 0.818. The minimum atomic E-state index is -4.15. The lowest BCUT2D eigenvalue weighted by atomic mass is 10.0. The molecule has 0 aromatic heterocycles. The van der Waals surface area contributed by atoms with Gasteiger partial charge in [0.25, 0.3) is 0 Å². The average molecular weight is 755 g/mol. The van der Waals surface area contributed by atoms with Crippen molar-refractivity contribution in [2.45, 2.75) is 174 Å². The lowest BCUT2D eigenvalue weighted by Crippen LogP contribution is -2.37. The van der Waals surface area contributed by atoms with Crippen molar-refractivity contribution < 1.29 is 32.5 Å². The molecule has 52 heavy (non-hydrogen) atoms. The minimum absolute atomic E-state index is 0.0337. The maximum atomic E-state index is 12.5. The molecule has 0 radical (unpaired) electrons. The van der Waals surface area contributed by atoms with Crippen LogP contribution in [-0.4, -0.2) is 76.2 Å². The molecule has 306 valence electrons. The Balaban J connectivity index is 4.22. The Kier molecular flexibility index (Phi) is 37.5. The van der Waals surface area contributed by atoms with Crippen LogP contribution in [-0.2, 0) is 23.1 Å². The third-order valence-electron chi connectivity index (χ3n) is 8.96. The molecule has 0 amide bonds. The first-order chi connectivity index (χ1) is 25.2. The summed E-state index contributed by atoms with van der Waals surface area (Å²) in [5.41, 5.74) is 0. The zero-order valence-electron chi connectivity index (χ0n) is 34.8. The van der Waals surface area contributed by atoms with Crippen LogP contribution in [0.15, 0.2) is 48.6 Å². The molecular weight excluding hydrogens is 669 g/mol. The molecule has 0 aliphatic carbocycles. The summed E-state index contributed by atoms with van der Waals surface area (Å²) in [5, 5.41) is 0. The summed E-state index contributed by atoms with van der Waals surface area (Å²) in [4.78, 5) is 10.2. The van der Waals surface area contributed by atoms with E-state index in [1.807, 2.05) is 21.1 Å². The van der Waals surface area contributed by atoms with Gasteiger partial charge in [-0.15, -0.1) is 0 Å². The molecule has 8 heteroatoms. The summed E-state index contributed by atoms with van der Waals surface area (Å²) < 4.78 is 35.6. The topological polar surface area (TPSA) is 74.2 Å². The van der Waals surface area contributed by atoms with E-state index in [0.29, 0.717) is 30.8 Å². The van der Waals surface area contributed by atoms with Gasteiger partial charge < -0.3 is 18.9 Å². The summed E-state index contributed by atoms with van der Waals surface area (Å²) >= 11 is 0. The Labute approximate surface area is 322 Å². The highest BCUT2D eigenvalue weighted by Crippen LogP contribution is 2.43. The lowest BCUT2D eigenvalue weighted by Gasteiger charge is -2.24. The zero-order chi connectivity index (χ0) is 38.3. The standard InChI is InChI=1S/C44H84NO6P/c1-6-8-10-12-14-16-18-20-22-23-24-25-27-29-31-33-35-37-40-49-44(43-51-52(46,47)50-41-38-45(3,4)5)42-48-39-36-34-32-30-28-26-21-19-17-15-13-11-9-7-2/h14,16,20,22,24-25,29,31,44H,6-13,15,17-19,21,23,26-28,30,32-43H2,1-5H3/p+1/b16-14-,22-20-,25-24-,31-29-/t44-/m1/s1. The van der Waals surface area contributed by atoms with Crippen molar-refractivity contribution in [1.82, 2.24) is 0 Å². The molecule has 0 aliphatic rings. The fourth-order valence-electron chi connectivity index (χ4n) is 5.58. The van der Waals surface area contributed by atoms with Crippen molar-refractivity contribution >= 4 is 7.82 Å². The summed E-state index contributed by atoms with van der Waals surface area (Å²) in [5.74, 6) is 0. The molecule has 0 saturated heterocycles. The number of rotatable bonds is 40. The summed E-state index contributed by atoms with van der Waals surface area (Å²) in [7, 11) is 1.87. The third kappa shape index (κ3) is 41.7. The van der Waals surface area contributed by atoms with Crippen LogP contribution in [0.5, 0.6) is 0 Å². The predicted octanol–water partition coefficient (Wildman–Crippen LogP) is 12.9. The van der Waals surface area contributed by atoms with Crippen molar-refractivity contribution in [1.29, 1.82) is 0 Å². The largest absolute Gasteiger partial charge is 0.472 e. The first-order valence-corrected chi connectivity index (χ1v) is 22.9. The van der Waals surface area contributed by atoms with Crippen LogP contribution in [0.2, 0.25) is 0 Å². The van der Waals surface area contributed by atoms with E-state index in [2.05, 4.69) is 62.5 Å². The van der Waals surface area contributed by atoms with Crippen LogP contribution in [0, 0.1) is 0 Å². The number of likely N-dealkylation sites (N-methyl/N-ethyl adjacent to an activating group) is 1. The first kappa shape index (κ1) is 51.0. The quantitative estimate of drug-likeness (QED) is 0.0291. The first-order valence-electron chi connectivity index (χ1n) is 21.4. The maximum absolute atomic E-state index is 12.5. The van der Waals surface area contributed by atoms with Gasteiger partial charge in [0.05, 0.1) is 34.4 Å². The van der Waals surface area contributed by atoms with Gasteiger partial charge in [-0.3, -0.25) is 9.05 Å². The number of unbranched alkanes of at least 4 members (excludes halogenated alkanes) is 18. The fourth-order valence-corrected chi connectivity index (χ4v) is 6.32. The molecule has 0 aromatic carbocycles. The smallest absolute Gasteiger partial charge is 0.379 e. The monoisotopic (exact) mass is 755 g/mol. The second-order valence-electron chi connectivity index (χ2n) is 15.4. The van der Waals surface area contributed by atoms with Gasteiger partial charge in [0, 0.05) is 13.2 Å². The van der Waals surface area contributed by atoms with E-state index in [0.717, 1.165) is 44.9 Å². The van der Waals surface area contributed by atoms with Gasteiger partial charge in [0.2, 0.25) is 0 Å². The van der Waals surface area contributed by atoms with Gasteiger partial charge in [-0.1, -0.05) is 159 Å². The van der Waals surface area contributed by atoms with E-state index in [4.69, 9.17) is 18.5 Å². The Morgan fingerprint density at radius 1 is 0.519 bits per heavy atom. The molecule has 0 saturated carbocycles. The normalized spacial score (nSPS) is 14.5. The maximum Gasteiger partial charge on any atom is 0.472 e. The SMILES string of the molecule is CCCCC/C=C\C/C=C\C/C=C\C/C=C\CCCCO[C@H](COCCCCCCCCCCCCCCCC)COP(=O)(O)OCC[N+](C)(C)C. The molecule has 0 heterocycles. The van der Waals surface area contributed by atoms with Gasteiger partial charge in [0.15, 0.2) is 0 Å². The average Bonchev–Trinajstić information content (AvgIpc) is 3.10. The Morgan fingerprint density at radius 3 is 1.44 bits per heavy atom. The van der Waals surface area contributed by atoms with E-state index in [9.17, 15) is 9.46 Å². The Morgan fingerprint density at radius 2 is 0.942 bits per heavy atom. The van der Waals surface area contributed by atoms with Crippen LogP contribution in [0.25, 0.3) is 0 Å². The predicted molar refractivity (Wildman–Crippen MR) is 224 cm³/mol. The second kappa shape index (κ2) is 38.2. The highest BCUT2D eigenvalue weighted by Gasteiger charge is 2.25. The Hall–Kier alpha value is -1.05. The van der Waals surface area contributed by atoms with E-state index in [1.165, 1.54) is 109 Å². The van der Waals surface area contributed by atoms with Crippen molar-refractivity contribution in [3.63, 3.8) is 0 Å². The lowest BCUT2D eigenvalue weighted by molar-refractivity contribution is -0.870. The summed E-state index contributed by atoms with van der Waals surface area (Å²) in [6, 6.07) is 0. The molecule has 1 unspecified atom stereocenters. The zero-order valence-corrected chi connectivity index (χ0v) is 35.7. The number of ether oxygens (including phenoxy) is 2. The van der Waals surface area contributed by atoms with Gasteiger partial charge >= 0.3 is 7.82 Å². The molecule has 0 spiro atoms. The van der Waals surface area contributed by atoms with Gasteiger partial charge in [-0.2, -0.15) is 0 Å². The molecule has 0 aromatic rings. The van der Waals surface area contributed by atoms with Crippen LogP contribution >= 0.6 is 7.82 Å². The van der Waals surface area contributed by atoms with Crippen molar-refractivity contribution in [3.8, 4) is 0 Å². The van der Waals surface area contributed by atoms with Gasteiger partial charge in [-0.05, 0) is 57.8 Å². The molecule has 0 aliphatic heterocycles. The van der Waals surface area contributed by atoms with E-state index < -0.39 is 13.9 Å². The van der Waals surface area contributed by atoms with E-state index >= 15 is 0 Å². The number of allylic oxidation sites excluding steroid dienone is 8. The molecule has 0 rings (SSSR count). The minimum Gasteiger partial charge on any atom is -0.379 e. The summed E-state index contributed by atoms with van der Waals surface area (Å²) in [6.07, 6.45) is 47.1. The number of quaternary nitrogens is 1. The molecule has 0 bridgehead atoms. The Bertz CT molecular complexity index is 913. The van der Waals surface area contributed by atoms with E-state index in [1.54, 1.807) is 0 Å². The van der Waals surface area contributed by atoms with Crippen molar-refractivity contribution in [2.75, 3.05) is 60.7 Å². The molecule has 7 nitrogen and oxygen atoms in total.